The van der Waals surface area contributed by atoms with Crippen molar-refractivity contribution in [2.45, 2.75) is 69.9 Å². The summed E-state index contributed by atoms with van der Waals surface area (Å²) in [6, 6.07) is 13.3. The average molecular weight is 497 g/mol. The van der Waals surface area contributed by atoms with Crippen LogP contribution in [0.3, 0.4) is 0 Å². The molecule has 2 amide bonds. The van der Waals surface area contributed by atoms with Crippen LogP contribution in [-0.4, -0.2) is 60.5 Å². The van der Waals surface area contributed by atoms with Gasteiger partial charge in [0.05, 0.1) is 24.6 Å². The highest BCUT2D eigenvalue weighted by Crippen LogP contribution is 2.31. The predicted molar refractivity (Wildman–Crippen MR) is 137 cm³/mol. The van der Waals surface area contributed by atoms with Gasteiger partial charge in [0, 0.05) is 20.1 Å². The van der Waals surface area contributed by atoms with Crippen LogP contribution in [0, 0.1) is 5.82 Å². The molecular formula is C29H37FN2O4. The van der Waals surface area contributed by atoms with E-state index in [9.17, 15) is 14.0 Å². The maximum atomic E-state index is 13.4. The first kappa shape index (κ1) is 26.0. The molecule has 2 aromatic rings. The molecular weight excluding hydrogens is 459 g/mol. The molecule has 1 heterocycles. The minimum Gasteiger partial charge on any atom is -0.493 e. The molecule has 2 aromatic carbocycles. The third-order valence-corrected chi connectivity index (χ3v) is 7.17. The second-order valence-corrected chi connectivity index (χ2v) is 9.78. The largest absolute Gasteiger partial charge is 0.493 e. The molecule has 0 saturated heterocycles. The van der Waals surface area contributed by atoms with Crippen molar-refractivity contribution >= 4 is 11.8 Å². The van der Waals surface area contributed by atoms with Gasteiger partial charge >= 0.3 is 0 Å². The Labute approximate surface area is 213 Å². The van der Waals surface area contributed by atoms with Crippen LogP contribution in [0.15, 0.2) is 48.5 Å². The van der Waals surface area contributed by atoms with Gasteiger partial charge in [0.2, 0.25) is 5.91 Å². The van der Waals surface area contributed by atoms with E-state index in [0.717, 1.165) is 51.4 Å². The summed E-state index contributed by atoms with van der Waals surface area (Å²) in [5.41, 5.74) is 0.576. The Hall–Kier alpha value is -3.09. The zero-order valence-electron chi connectivity index (χ0n) is 21.2. The fourth-order valence-electron chi connectivity index (χ4n) is 5.18. The number of halogens is 1. The van der Waals surface area contributed by atoms with Crippen LogP contribution in [0.1, 0.15) is 68.1 Å². The number of para-hydroxylation sites is 1. The highest BCUT2D eigenvalue weighted by atomic mass is 19.1. The summed E-state index contributed by atoms with van der Waals surface area (Å²) >= 11 is 0. The second-order valence-electron chi connectivity index (χ2n) is 9.78. The van der Waals surface area contributed by atoms with Crippen molar-refractivity contribution < 1.29 is 23.5 Å². The number of carbonyl (C=O) groups is 2. The van der Waals surface area contributed by atoms with Crippen LogP contribution in [-0.2, 0) is 4.79 Å². The normalized spacial score (nSPS) is 21.6. The molecule has 0 radical (unpaired) electrons. The lowest BCUT2D eigenvalue weighted by molar-refractivity contribution is -0.137. The van der Waals surface area contributed by atoms with Crippen LogP contribution in [0.5, 0.6) is 11.5 Å². The van der Waals surface area contributed by atoms with E-state index in [0.29, 0.717) is 30.2 Å². The third kappa shape index (κ3) is 6.77. The maximum Gasteiger partial charge on any atom is 0.257 e. The van der Waals surface area contributed by atoms with Crippen molar-refractivity contribution in [3.05, 3.63) is 59.9 Å². The van der Waals surface area contributed by atoms with Crippen molar-refractivity contribution in [3.8, 4) is 11.5 Å². The van der Waals surface area contributed by atoms with E-state index in [4.69, 9.17) is 9.47 Å². The molecule has 0 bridgehead atoms. The van der Waals surface area contributed by atoms with Crippen LogP contribution in [0.4, 0.5) is 4.39 Å². The molecule has 0 spiro atoms. The topological polar surface area (TPSA) is 59.1 Å². The van der Waals surface area contributed by atoms with Gasteiger partial charge in [-0.25, -0.2) is 4.39 Å². The molecule has 1 fully saturated rings. The maximum absolute atomic E-state index is 13.4. The van der Waals surface area contributed by atoms with Gasteiger partial charge in [-0.05, 0) is 68.5 Å². The third-order valence-electron chi connectivity index (χ3n) is 7.17. The lowest BCUT2D eigenvalue weighted by atomic mass is 9.90. The molecule has 0 N–H and O–H groups in total. The van der Waals surface area contributed by atoms with Crippen LogP contribution in [0.2, 0.25) is 0 Å². The van der Waals surface area contributed by atoms with Crippen molar-refractivity contribution in [2.24, 2.45) is 0 Å². The standard InChI is InChI=1S/C29H37FN2O4/c1-31-19-8-2-3-9-20-32(28(33)18-21-35-23-16-14-22(30)15-17-23)25-11-5-7-13-27(25)36-26-12-6-4-10-24(26)29(31)34/h4,6,10,12,14-17,25,27H,2-3,5,7-9,11,13,18-21H2,1H3/t25-,27+/m1/s1. The zero-order valence-corrected chi connectivity index (χ0v) is 21.2. The first-order chi connectivity index (χ1) is 17.5. The molecule has 4 rings (SSSR count). The Bertz CT molecular complexity index is 1010. The number of fused-ring (bicyclic) bond motifs is 2. The average Bonchev–Trinajstić information content (AvgIpc) is 2.89. The Morgan fingerprint density at radius 1 is 0.972 bits per heavy atom. The molecule has 2 aliphatic rings. The molecule has 6 nitrogen and oxygen atoms in total. The van der Waals surface area contributed by atoms with Gasteiger partial charge in [0.25, 0.3) is 5.91 Å². The molecule has 1 saturated carbocycles. The number of hydrogen-bond acceptors (Lipinski definition) is 4. The van der Waals surface area contributed by atoms with E-state index in [-0.39, 0.29) is 42.8 Å². The Morgan fingerprint density at radius 2 is 1.69 bits per heavy atom. The molecule has 36 heavy (non-hydrogen) atoms. The fourth-order valence-corrected chi connectivity index (χ4v) is 5.18. The Morgan fingerprint density at radius 3 is 2.50 bits per heavy atom. The van der Waals surface area contributed by atoms with Crippen LogP contribution < -0.4 is 9.47 Å². The van der Waals surface area contributed by atoms with Crippen molar-refractivity contribution in [3.63, 3.8) is 0 Å². The quantitative estimate of drug-likeness (QED) is 0.564. The Kier molecular flexibility index (Phi) is 9.20. The number of rotatable bonds is 4. The second kappa shape index (κ2) is 12.7. The fraction of sp³-hybridized carbons (Fsp3) is 0.517. The zero-order chi connectivity index (χ0) is 25.3. The number of nitrogens with zero attached hydrogens (tertiary/aromatic N) is 2. The van der Waals surface area contributed by atoms with Crippen molar-refractivity contribution in [1.29, 1.82) is 0 Å². The molecule has 194 valence electrons. The number of ether oxygens (including phenoxy) is 2. The molecule has 0 unspecified atom stereocenters. The van der Waals surface area contributed by atoms with Gasteiger partial charge < -0.3 is 19.3 Å². The van der Waals surface area contributed by atoms with Crippen molar-refractivity contribution in [1.82, 2.24) is 9.80 Å². The molecule has 1 aliphatic heterocycles. The predicted octanol–water partition coefficient (Wildman–Crippen LogP) is 5.46. The van der Waals surface area contributed by atoms with Gasteiger partial charge in [-0.1, -0.05) is 31.4 Å². The summed E-state index contributed by atoms with van der Waals surface area (Å²) in [4.78, 5) is 30.4. The monoisotopic (exact) mass is 496 g/mol. The number of hydrogen-bond donors (Lipinski definition) is 0. The number of benzene rings is 2. The summed E-state index contributed by atoms with van der Waals surface area (Å²) < 4.78 is 25.4. The summed E-state index contributed by atoms with van der Waals surface area (Å²) in [6.45, 7) is 1.63. The lowest BCUT2D eigenvalue weighted by Gasteiger charge is -2.40. The van der Waals surface area contributed by atoms with Crippen molar-refractivity contribution in [2.75, 3.05) is 26.7 Å². The lowest BCUT2D eigenvalue weighted by Crippen LogP contribution is -2.51. The highest BCUT2D eigenvalue weighted by Gasteiger charge is 2.35. The van der Waals surface area contributed by atoms with E-state index in [1.165, 1.54) is 12.1 Å². The summed E-state index contributed by atoms with van der Waals surface area (Å²) in [5, 5.41) is 0. The first-order valence-corrected chi connectivity index (χ1v) is 13.2. The van der Waals surface area contributed by atoms with Crippen LogP contribution >= 0.6 is 0 Å². The van der Waals surface area contributed by atoms with Gasteiger partial charge in [0.15, 0.2) is 0 Å². The molecule has 7 heteroatoms. The Balaban J connectivity index is 1.51. The van der Waals surface area contributed by atoms with Gasteiger partial charge in [-0.2, -0.15) is 0 Å². The summed E-state index contributed by atoms with van der Waals surface area (Å²) in [6.07, 6.45) is 7.76. The van der Waals surface area contributed by atoms with E-state index >= 15 is 0 Å². The SMILES string of the molecule is CN1CCCCCCN(C(=O)CCOc2ccc(F)cc2)[C@@H]2CCCC[C@@H]2Oc2ccccc2C1=O. The smallest absolute Gasteiger partial charge is 0.257 e. The van der Waals surface area contributed by atoms with E-state index in [1.807, 2.05) is 36.2 Å². The molecule has 0 aromatic heterocycles. The minimum absolute atomic E-state index is 0.0270. The molecule has 2 atom stereocenters. The number of carbonyl (C=O) groups excluding carboxylic acids is 2. The highest BCUT2D eigenvalue weighted by molar-refractivity contribution is 5.96. The van der Waals surface area contributed by atoms with E-state index in [2.05, 4.69) is 0 Å². The van der Waals surface area contributed by atoms with Gasteiger partial charge in [0.1, 0.15) is 23.4 Å². The van der Waals surface area contributed by atoms with Gasteiger partial charge in [-0.15, -0.1) is 0 Å². The first-order valence-electron chi connectivity index (χ1n) is 13.2. The molecule has 1 aliphatic carbocycles. The van der Waals surface area contributed by atoms with E-state index < -0.39 is 0 Å². The van der Waals surface area contributed by atoms with Gasteiger partial charge in [-0.3, -0.25) is 9.59 Å². The summed E-state index contributed by atoms with van der Waals surface area (Å²) in [7, 11) is 1.85. The minimum atomic E-state index is -0.317. The van der Waals surface area contributed by atoms with Crippen LogP contribution in [0.25, 0.3) is 0 Å². The number of amides is 2. The van der Waals surface area contributed by atoms with E-state index in [1.54, 1.807) is 17.0 Å². The summed E-state index contributed by atoms with van der Waals surface area (Å²) in [5.74, 6) is 0.850.